The first-order valence-corrected chi connectivity index (χ1v) is 10.4. The monoisotopic (exact) mass is 465 g/mol. The van der Waals surface area contributed by atoms with E-state index in [1.165, 1.54) is 10.8 Å². The molecule has 2 N–H and O–H groups in total. The number of benzene rings is 1. The summed E-state index contributed by atoms with van der Waals surface area (Å²) in [5, 5.41) is 12.8. The number of rotatable bonds is 4. The molecule has 0 spiro atoms. The van der Waals surface area contributed by atoms with E-state index in [2.05, 4.69) is 5.32 Å². The zero-order valence-corrected chi connectivity index (χ0v) is 17.9. The summed E-state index contributed by atoms with van der Waals surface area (Å²) in [7, 11) is 0. The Morgan fingerprint density at radius 3 is 2.52 bits per heavy atom. The predicted molar refractivity (Wildman–Crippen MR) is 109 cm³/mol. The third-order valence-corrected chi connectivity index (χ3v) is 5.99. The molecule has 8 nitrogen and oxygen atoms in total. The number of nitrogens with one attached hydrogen (secondary N) is 1. The fourth-order valence-electron chi connectivity index (χ4n) is 4.45. The molecule has 2 aliphatic rings. The van der Waals surface area contributed by atoms with Crippen molar-refractivity contribution in [1.29, 1.82) is 0 Å². The molecule has 0 radical (unpaired) electrons. The Morgan fingerprint density at radius 2 is 1.88 bits per heavy atom. The molecule has 33 heavy (non-hydrogen) atoms. The van der Waals surface area contributed by atoms with Crippen molar-refractivity contribution in [3.05, 3.63) is 62.8 Å². The molecule has 0 bridgehead atoms. The average molecular weight is 465 g/mol. The molecular formula is C22H22F3N3O5. The maximum Gasteiger partial charge on any atom is 0.275 e. The van der Waals surface area contributed by atoms with E-state index in [1.807, 2.05) is 13.8 Å². The van der Waals surface area contributed by atoms with Crippen LogP contribution in [0.25, 0.3) is 0 Å². The Balaban J connectivity index is 1.71. The molecule has 0 aliphatic carbocycles. The van der Waals surface area contributed by atoms with E-state index in [4.69, 9.17) is 4.74 Å². The molecule has 1 aromatic heterocycles. The van der Waals surface area contributed by atoms with Crippen molar-refractivity contribution in [3.63, 3.8) is 0 Å². The van der Waals surface area contributed by atoms with Crippen molar-refractivity contribution in [2.75, 3.05) is 13.2 Å². The minimum atomic E-state index is -1.19. The van der Waals surface area contributed by atoms with E-state index in [0.717, 1.165) is 0 Å². The van der Waals surface area contributed by atoms with Gasteiger partial charge in [0.15, 0.2) is 11.4 Å². The van der Waals surface area contributed by atoms with Crippen molar-refractivity contribution in [3.8, 4) is 5.75 Å². The Hall–Kier alpha value is -3.34. The van der Waals surface area contributed by atoms with Gasteiger partial charge in [-0.25, -0.2) is 13.2 Å². The summed E-state index contributed by atoms with van der Waals surface area (Å²) in [5.41, 5.74) is -2.38. The fourth-order valence-corrected chi connectivity index (χ4v) is 4.45. The Morgan fingerprint density at radius 1 is 1.21 bits per heavy atom. The quantitative estimate of drug-likeness (QED) is 0.720. The Bertz CT molecular complexity index is 1170. The minimum Gasteiger partial charge on any atom is -0.503 e. The van der Waals surface area contributed by atoms with Gasteiger partial charge in [0, 0.05) is 43.1 Å². The first-order chi connectivity index (χ1) is 15.6. The fraction of sp³-hybridized carbons (Fsp3) is 0.409. The number of fused-ring (bicyclic) bond motifs is 3. The second-order valence-corrected chi connectivity index (χ2v) is 8.31. The normalized spacial score (nSPS) is 19.9. The summed E-state index contributed by atoms with van der Waals surface area (Å²) in [6.07, 6.45) is 1.66. The first kappa shape index (κ1) is 22.8. The molecule has 2 atom stereocenters. The van der Waals surface area contributed by atoms with Crippen molar-refractivity contribution in [2.24, 2.45) is 0 Å². The zero-order valence-electron chi connectivity index (χ0n) is 17.9. The van der Waals surface area contributed by atoms with Gasteiger partial charge in [0.2, 0.25) is 5.43 Å². The van der Waals surface area contributed by atoms with E-state index >= 15 is 0 Å². The summed E-state index contributed by atoms with van der Waals surface area (Å²) in [5.74, 6) is -5.93. The molecule has 3 heterocycles. The third kappa shape index (κ3) is 3.86. The molecule has 1 fully saturated rings. The standard InChI is InChI=1S/C22H22F3N3O5/c1-10(2)28-17-9-33-4-3-16(17)27-8-13(19(29)20(30)18(27)22(28)32)21(31)26-7-12-14(24)5-11(23)6-15(12)25/h5-6,8,10,16-17,30H,3-4,7,9H2,1-2H3,(H,26,31)/t16-,17+/m0/s1. The zero-order chi connectivity index (χ0) is 24.0. The van der Waals surface area contributed by atoms with Gasteiger partial charge in [-0.3, -0.25) is 14.4 Å². The van der Waals surface area contributed by atoms with Crippen LogP contribution in [-0.2, 0) is 11.3 Å². The molecule has 0 unspecified atom stereocenters. The third-order valence-electron chi connectivity index (χ3n) is 5.99. The summed E-state index contributed by atoms with van der Waals surface area (Å²) >= 11 is 0. The summed E-state index contributed by atoms with van der Waals surface area (Å²) in [6, 6.07) is 0.0135. The number of hydrogen-bond donors (Lipinski definition) is 2. The minimum absolute atomic E-state index is 0.218. The Labute approximate surface area is 186 Å². The number of nitrogens with zero attached hydrogens (tertiary/aromatic N) is 2. The van der Waals surface area contributed by atoms with Crippen molar-refractivity contribution < 1.29 is 32.6 Å². The van der Waals surface area contributed by atoms with Crippen LogP contribution in [0.1, 0.15) is 52.7 Å². The molecule has 4 rings (SSSR count). The van der Waals surface area contributed by atoms with E-state index in [-0.39, 0.29) is 30.4 Å². The van der Waals surface area contributed by atoms with Crippen LogP contribution in [0.2, 0.25) is 0 Å². The molecule has 176 valence electrons. The molecule has 2 aliphatic heterocycles. The van der Waals surface area contributed by atoms with Crippen LogP contribution in [0.3, 0.4) is 0 Å². The highest BCUT2D eigenvalue weighted by Gasteiger charge is 2.44. The number of halogens is 3. The molecule has 1 saturated heterocycles. The van der Waals surface area contributed by atoms with Gasteiger partial charge in [-0.2, -0.15) is 0 Å². The van der Waals surface area contributed by atoms with Gasteiger partial charge in [0.25, 0.3) is 11.8 Å². The number of aromatic hydroxyl groups is 1. The van der Waals surface area contributed by atoms with Gasteiger partial charge >= 0.3 is 0 Å². The lowest BCUT2D eigenvalue weighted by atomic mass is 9.94. The van der Waals surface area contributed by atoms with Crippen LogP contribution in [0.5, 0.6) is 5.75 Å². The second kappa shape index (κ2) is 8.54. The maximum atomic E-state index is 13.9. The van der Waals surface area contributed by atoms with Gasteiger partial charge in [0.1, 0.15) is 23.0 Å². The van der Waals surface area contributed by atoms with Crippen LogP contribution < -0.4 is 10.7 Å². The molecular weight excluding hydrogens is 443 g/mol. The topological polar surface area (TPSA) is 101 Å². The lowest BCUT2D eigenvalue weighted by Crippen LogP contribution is -2.58. The van der Waals surface area contributed by atoms with Crippen molar-refractivity contribution in [2.45, 2.75) is 44.9 Å². The number of pyridine rings is 1. The van der Waals surface area contributed by atoms with E-state index in [9.17, 15) is 32.7 Å². The highest BCUT2D eigenvalue weighted by molar-refractivity contribution is 5.99. The largest absolute Gasteiger partial charge is 0.503 e. The van der Waals surface area contributed by atoms with Gasteiger partial charge in [-0.1, -0.05) is 0 Å². The average Bonchev–Trinajstić information content (AvgIpc) is 2.74. The van der Waals surface area contributed by atoms with Crippen LogP contribution >= 0.6 is 0 Å². The number of amides is 2. The van der Waals surface area contributed by atoms with Crippen LogP contribution in [0, 0.1) is 17.5 Å². The number of hydrogen-bond acceptors (Lipinski definition) is 5. The number of ether oxygens (including phenoxy) is 1. The Kier molecular flexibility index (Phi) is 5.91. The summed E-state index contributed by atoms with van der Waals surface area (Å²) < 4.78 is 47.8. The number of aromatic nitrogens is 1. The maximum absolute atomic E-state index is 13.9. The highest BCUT2D eigenvalue weighted by atomic mass is 19.1. The SMILES string of the molecule is CC(C)N1C(=O)c2c(O)c(=O)c(C(=O)NCc3c(F)cc(F)cc3F)cn2[C@H]2CCOC[C@H]21. The summed E-state index contributed by atoms with van der Waals surface area (Å²) in [4.78, 5) is 40.1. The first-order valence-electron chi connectivity index (χ1n) is 10.4. The number of carbonyl (C=O) groups excluding carboxylic acids is 2. The molecule has 2 aromatic rings. The molecule has 11 heteroatoms. The molecule has 1 aromatic carbocycles. The van der Waals surface area contributed by atoms with Gasteiger partial charge in [-0.05, 0) is 20.3 Å². The molecule has 2 amide bonds. The van der Waals surface area contributed by atoms with Crippen LogP contribution in [0.15, 0.2) is 23.1 Å². The number of carbonyl (C=O) groups is 2. The smallest absolute Gasteiger partial charge is 0.275 e. The lowest BCUT2D eigenvalue weighted by molar-refractivity contribution is -0.0276. The lowest BCUT2D eigenvalue weighted by Gasteiger charge is -2.47. The molecule has 0 saturated carbocycles. The second-order valence-electron chi connectivity index (χ2n) is 8.31. The van der Waals surface area contributed by atoms with E-state index in [1.54, 1.807) is 4.90 Å². The predicted octanol–water partition coefficient (Wildman–Crippen LogP) is 2.10. The van der Waals surface area contributed by atoms with Gasteiger partial charge in [0.05, 0.1) is 18.7 Å². The van der Waals surface area contributed by atoms with Crippen LogP contribution in [-0.4, -0.2) is 51.7 Å². The van der Waals surface area contributed by atoms with Gasteiger partial charge in [-0.15, -0.1) is 0 Å². The van der Waals surface area contributed by atoms with E-state index < -0.39 is 58.1 Å². The van der Waals surface area contributed by atoms with E-state index in [0.29, 0.717) is 25.2 Å². The van der Waals surface area contributed by atoms with Crippen molar-refractivity contribution in [1.82, 2.24) is 14.8 Å². The van der Waals surface area contributed by atoms with Crippen LogP contribution in [0.4, 0.5) is 13.2 Å². The highest BCUT2D eigenvalue weighted by Crippen LogP contribution is 2.36. The van der Waals surface area contributed by atoms with Crippen molar-refractivity contribution >= 4 is 11.8 Å². The van der Waals surface area contributed by atoms with Gasteiger partial charge < -0.3 is 24.6 Å². The summed E-state index contributed by atoms with van der Waals surface area (Å²) in [6.45, 7) is 3.61.